The number of hydrogen-bond acceptors (Lipinski definition) is 2. The van der Waals surface area contributed by atoms with Gasteiger partial charge in [-0.2, -0.15) is 0 Å². The SMILES string of the molecule is C1=CCC(CNCc2ccccc2-n2ccnc2)CC1. The van der Waals surface area contributed by atoms with Crippen LogP contribution in [0.15, 0.2) is 55.1 Å². The van der Waals surface area contributed by atoms with Crippen LogP contribution in [-0.4, -0.2) is 16.1 Å². The van der Waals surface area contributed by atoms with Crippen molar-refractivity contribution in [3.05, 3.63) is 60.7 Å². The van der Waals surface area contributed by atoms with Gasteiger partial charge >= 0.3 is 0 Å². The van der Waals surface area contributed by atoms with Crippen LogP contribution in [0, 0.1) is 5.92 Å². The Morgan fingerprint density at radius 3 is 3.00 bits per heavy atom. The maximum absolute atomic E-state index is 4.13. The van der Waals surface area contributed by atoms with Gasteiger partial charge in [0.15, 0.2) is 0 Å². The van der Waals surface area contributed by atoms with Crippen molar-refractivity contribution in [3.8, 4) is 5.69 Å². The third-order valence-corrected chi connectivity index (χ3v) is 3.90. The van der Waals surface area contributed by atoms with Gasteiger partial charge in [0.05, 0.1) is 12.0 Å². The van der Waals surface area contributed by atoms with Gasteiger partial charge in [0, 0.05) is 18.9 Å². The molecule has 0 radical (unpaired) electrons. The molecule has 1 aliphatic carbocycles. The van der Waals surface area contributed by atoms with Crippen molar-refractivity contribution < 1.29 is 0 Å². The zero-order valence-corrected chi connectivity index (χ0v) is 11.7. The zero-order chi connectivity index (χ0) is 13.6. The van der Waals surface area contributed by atoms with E-state index in [2.05, 4.69) is 51.3 Å². The minimum atomic E-state index is 0.792. The van der Waals surface area contributed by atoms with E-state index in [1.807, 2.05) is 18.7 Å². The standard InChI is InChI=1S/C17H21N3/c1-2-6-15(7-3-1)12-19-13-16-8-4-5-9-17(16)20-11-10-18-14-20/h1-2,4-5,8-11,14-15,19H,3,6-7,12-13H2. The molecule has 104 valence electrons. The molecule has 3 heteroatoms. The topological polar surface area (TPSA) is 29.9 Å². The summed E-state index contributed by atoms with van der Waals surface area (Å²) < 4.78 is 2.07. The van der Waals surface area contributed by atoms with Crippen molar-refractivity contribution in [3.63, 3.8) is 0 Å². The summed E-state index contributed by atoms with van der Waals surface area (Å²) in [5.74, 6) is 0.792. The first kappa shape index (κ1) is 13.1. The van der Waals surface area contributed by atoms with Gasteiger partial charge in [0.2, 0.25) is 0 Å². The first-order chi connectivity index (χ1) is 9.93. The summed E-state index contributed by atoms with van der Waals surface area (Å²) in [5, 5.41) is 3.61. The molecule has 1 aliphatic rings. The van der Waals surface area contributed by atoms with Crippen LogP contribution in [0.4, 0.5) is 0 Å². The summed E-state index contributed by atoms with van der Waals surface area (Å²) in [6.07, 6.45) is 14.0. The maximum atomic E-state index is 4.13. The van der Waals surface area contributed by atoms with Gasteiger partial charge in [-0.05, 0) is 43.4 Å². The van der Waals surface area contributed by atoms with Crippen molar-refractivity contribution in [2.24, 2.45) is 5.92 Å². The second-order valence-electron chi connectivity index (χ2n) is 5.38. The molecule has 0 aliphatic heterocycles. The number of nitrogens with one attached hydrogen (secondary N) is 1. The monoisotopic (exact) mass is 267 g/mol. The number of allylic oxidation sites excluding steroid dienone is 2. The van der Waals surface area contributed by atoms with Gasteiger partial charge in [-0.25, -0.2) is 4.98 Å². The Kier molecular flexibility index (Phi) is 4.28. The summed E-state index contributed by atoms with van der Waals surface area (Å²) in [4.78, 5) is 4.13. The Morgan fingerprint density at radius 2 is 2.20 bits per heavy atom. The molecule has 1 aromatic heterocycles. The van der Waals surface area contributed by atoms with E-state index in [9.17, 15) is 0 Å². The van der Waals surface area contributed by atoms with Crippen LogP contribution in [0.3, 0.4) is 0 Å². The molecular formula is C17H21N3. The highest BCUT2D eigenvalue weighted by Crippen LogP contribution is 2.18. The lowest BCUT2D eigenvalue weighted by Crippen LogP contribution is -2.23. The van der Waals surface area contributed by atoms with Crippen molar-refractivity contribution in [1.82, 2.24) is 14.9 Å². The number of rotatable bonds is 5. The molecule has 0 fully saturated rings. The first-order valence-corrected chi connectivity index (χ1v) is 7.35. The molecule has 0 saturated carbocycles. The van der Waals surface area contributed by atoms with Crippen molar-refractivity contribution >= 4 is 0 Å². The van der Waals surface area contributed by atoms with Gasteiger partial charge in [-0.15, -0.1) is 0 Å². The van der Waals surface area contributed by atoms with E-state index < -0.39 is 0 Å². The lowest BCUT2D eigenvalue weighted by atomic mass is 9.94. The van der Waals surface area contributed by atoms with E-state index >= 15 is 0 Å². The van der Waals surface area contributed by atoms with Gasteiger partial charge in [-0.1, -0.05) is 30.4 Å². The van der Waals surface area contributed by atoms with E-state index in [0.29, 0.717) is 0 Å². The smallest absolute Gasteiger partial charge is 0.0991 e. The van der Waals surface area contributed by atoms with Gasteiger partial charge < -0.3 is 9.88 Å². The Hall–Kier alpha value is -1.87. The molecule has 3 nitrogen and oxygen atoms in total. The molecule has 2 aromatic rings. The molecule has 0 spiro atoms. The third-order valence-electron chi connectivity index (χ3n) is 3.90. The predicted octanol–water partition coefficient (Wildman–Crippen LogP) is 3.32. The molecule has 1 N–H and O–H groups in total. The Morgan fingerprint density at radius 1 is 1.25 bits per heavy atom. The highest BCUT2D eigenvalue weighted by atomic mass is 15.0. The molecule has 1 aromatic carbocycles. The maximum Gasteiger partial charge on any atom is 0.0991 e. The molecule has 1 atom stereocenters. The highest BCUT2D eigenvalue weighted by molar-refractivity contribution is 5.40. The average Bonchev–Trinajstić information content (AvgIpc) is 3.03. The number of imidazole rings is 1. The molecule has 1 unspecified atom stereocenters. The van der Waals surface area contributed by atoms with Crippen molar-refractivity contribution in [2.45, 2.75) is 25.8 Å². The van der Waals surface area contributed by atoms with Crippen LogP contribution in [-0.2, 0) is 6.54 Å². The number of hydrogen-bond donors (Lipinski definition) is 1. The average molecular weight is 267 g/mol. The summed E-state index contributed by atoms with van der Waals surface area (Å²) >= 11 is 0. The fraction of sp³-hybridized carbons (Fsp3) is 0.353. The van der Waals surface area contributed by atoms with E-state index in [1.54, 1.807) is 0 Å². The van der Waals surface area contributed by atoms with E-state index in [0.717, 1.165) is 19.0 Å². The van der Waals surface area contributed by atoms with E-state index in [-0.39, 0.29) is 0 Å². The predicted molar refractivity (Wildman–Crippen MR) is 81.8 cm³/mol. The van der Waals surface area contributed by atoms with Crippen molar-refractivity contribution in [1.29, 1.82) is 0 Å². The normalized spacial score (nSPS) is 18.3. The van der Waals surface area contributed by atoms with E-state index in [4.69, 9.17) is 0 Å². The quantitative estimate of drug-likeness (QED) is 0.842. The van der Waals surface area contributed by atoms with Gasteiger partial charge in [-0.3, -0.25) is 0 Å². The van der Waals surface area contributed by atoms with Gasteiger partial charge in [0.25, 0.3) is 0 Å². The van der Waals surface area contributed by atoms with Crippen LogP contribution >= 0.6 is 0 Å². The van der Waals surface area contributed by atoms with Crippen LogP contribution in [0.1, 0.15) is 24.8 Å². The van der Waals surface area contributed by atoms with Crippen LogP contribution < -0.4 is 5.32 Å². The van der Waals surface area contributed by atoms with Crippen LogP contribution in [0.2, 0.25) is 0 Å². The summed E-state index contributed by atoms with van der Waals surface area (Å²) in [7, 11) is 0. The van der Waals surface area contributed by atoms with E-state index in [1.165, 1.54) is 30.5 Å². The second-order valence-corrected chi connectivity index (χ2v) is 5.38. The Labute approximate surface area is 120 Å². The summed E-state index contributed by atoms with van der Waals surface area (Å²) in [6, 6.07) is 8.50. The number of benzene rings is 1. The minimum Gasteiger partial charge on any atom is -0.312 e. The summed E-state index contributed by atoms with van der Waals surface area (Å²) in [6.45, 7) is 2.01. The lowest BCUT2D eigenvalue weighted by Gasteiger charge is -2.19. The third kappa shape index (κ3) is 3.17. The Balaban J connectivity index is 1.61. The number of aromatic nitrogens is 2. The summed E-state index contributed by atoms with van der Waals surface area (Å²) in [5.41, 5.74) is 2.53. The Bertz CT molecular complexity index is 557. The molecular weight excluding hydrogens is 246 g/mol. The van der Waals surface area contributed by atoms with Crippen LogP contribution in [0.5, 0.6) is 0 Å². The number of nitrogens with zero attached hydrogens (tertiary/aromatic N) is 2. The molecule has 0 amide bonds. The molecule has 1 heterocycles. The molecule has 20 heavy (non-hydrogen) atoms. The van der Waals surface area contributed by atoms with Crippen molar-refractivity contribution in [2.75, 3.05) is 6.54 Å². The lowest BCUT2D eigenvalue weighted by molar-refractivity contribution is 0.440. The molecule has 0 saturated heterocycles. The second kappa shape index (κ2) is 6.53. The fourth-order valence-corrected chi connectivity index (χ4v) is 2.77. The fourth-order valence-electron chi connectivity index (χ4n) is 2.77. The first-order valence-electron chi connectivity index (χ1n) is 7.35. The zero-order valence-electron chi connectivity index (χ0n) is 11.7. The number of para-hydroxylation sites is 1. The molecule has 0 bridgehead atoms. The molecule has 3 rings (SSSR count). The van der Waals surface area contributed by atoms with Gasteiger partial charge in [0.1, 0.15) is 0 Å². The highest BCUT2D eigenvalue weighted by Gasteiger charge is 2.09. The van der Waals surface area contributed by atoms with Crippen LogP contribution in [0.25, 0.3) is 5.69 Å². The largest absolute Gasteiger partial charge is 0.312 e. The minimum absolute atomic E-state index is 0.792.